The van der Waals surface area contributed by atoms with Crippen LogP contribution in [0.5, 0.6) is 0 Å². The molecular weight excluding hydrogens is 566 g/mol. The van der Waals surface area contributed by atoms with Gasteiger partial charge in [-0.2, -0.15) is 0 Å². The van der Waals surface area contributed by atoms with Crippen molar-refractivity contribution < 1.29 is 4.79 Å². The molecule has 6 heteroatoms. The average Bonchev–Trinajstić information content (AvgIpc) is 3.08. The van der Waals surface area contributed by atoms with Gasteiger partial charge in [-0.1, -0.05) is 127 Å². The van der Waals surface area contributed by atoms with Crippen LogP contribution in [0.15, 0.2) is 127 Å². The van der Waals surface area contributed by atoms with Gasteiger partial charge < -0.3 is 16.0 Å². The number of rotatable bonds is 11. The van der Waals surface area contributed by atoms with Gasteiger partial charge in [0.05, 0.1) is 6.42 Å². The fourth-order valence-corrected chi connectivity index (χ4v) is 6.81. The Bertz CT molecular complexity index is 1760. The van der Waals surface area contributed by atoms with E-state index in [1.807, 2.05) is 18.2 Å². The van der Waals surface area contributed by atoms with Gasteiger partial charge in [0.25, 0.3) is 0 Å². The van der Waals surface area contributed by atoms with Crippen molar-refractivity contribution in [1.82, 2.24) is 15.1 Å². The molecule has 0 aliphatic carbocycles. The molecular formula is C40H43N5O. The number of carbonyl (C=O) groups is 1. The van der Waals surface area contributed by atoms with Crippen molar-refractivity contribution in [1.29, 1.82) is 5.41 Å². The van der Waals surface area contributed by atoms with Crippen LogP contribution in [-0.2, 0) is 24.2 Å². The predicted octanol–water partition coefficient (Wildman–Crippen LogP) is 6.64. The molecule has 5 aromatic carbocycles. The van der Waals surface area contributed by atoms with Gasteiger partial charge in [0.15, 0.2) is 5.96 Å². The maximum absolute atomic E-state index is 14.2. The van der Waals surface area contributed by atoms with Gasteiger partial charge >= 0.3 is 0 Å². The molecule has 0 spiro atoms. The first-order valence-corrected chi connectivity index (χ1v) is 16.3. The van der Waals surface area contributed by atoms with E-state index in [0.29, 0.717) is 19.5 Å². The first-order valence-electron chi connectivity index (χ1n) is 16.3. The van der Waals surface area contributed by atoms with E-state index < -0.39 is 0 Å². The van der Waals surface area contributed by atoms with E-state index in [2.05, 4.69) is 124 Å². The number of hydrogen-bond acceptors (Lipinski definition) is 3. The smallest absolute Gasteiger partial charge is 0.227 e. The largest absolute Gasteiger partial charge is 0.370 e. The van der Waals surface area contributed by atoms with Crippen molar-refractivity contribution in [2.75, 3.05) is 19.6 Å². The summed E-state index contributed by atoms with van der Waals surface area (Å²) in [4.78, 5) is 19.0. The number of amides is 1. The maximum atomic E-state index is 14.2. The van der Waals surface area contributed by atoms with Crippen LogP contribution < -0.4 is 11.1 Å². The summed E-state index contributed by atoms with van der Waals surface area (Å²) >= 11 is 0. The summed E-state index contributed by atoms with van der Waals surface area (Å²) in [6.45, 7) is 2.89. The molecule has 5 aromatic rings. The van der Waals surface area contributed by atoms with Crippen molar-refractivity contribution in [2.45, 2.75) is 44.3 Å². The summed E-state index contributed by atoms with van der Waals surface area (Å²) in [5, 5.41) is 12.9. The zero-order valence-electron chi connectivity index (χ0n) is 26.3. The van der Waals surface area contributed by atoms with Crippen LogP contribution in [0.25, 0.3) is 21.9 Å². The van der Waals surface area contributed by atoms with Crippen molar-refractivity contribution in [3.05, 3.63) is 144 Å². The number of nitrogens with one attached hydrogen (secondary N) is 2. The fraction of sp³-hybridized carbons (Fsp3) is 0.250. The van der Waals surface area contributed by atoms with Crippen molar-refractivity contribution in [2.24, 2.45) is 5.73 Å². The first kappa shape index (κ1) is 31.1. The lowest BCUT2D eigenvalue weighted by atomic mass is 9.94. The molecule has 1 aliphatic heterocycles. The highest BCUT2D eigenvalue weighted by atomic mass is 16.2. The molecule has 46 heavy (non-hydrogen) atoms. The highest BCUT2D eigenvalue weighted by Gasteiger charge is 2.36. The quantitative estimate of drug-likeness (QED) is 0.0891. The number of nitrogens with two attached hydrogens (primary N) is 1. The first-order chi connectivity index (χ1) is 22.5. The van der Waals surface area contributed by atoms with Gasteiger partial charge in [-0.15, -0.1) is 0 Å². The Morgan fingerprint density at radius 3 is 2.24 bits per heavy atom. The van der Waals surface area contributed by atoms with Crippen LogP contribution in [0, 0.1) is 5.41 Å². The van der Waals surface area contributed by atoms with Gasteiger partial charge in [0, 0.05) is 38.3 Å². The molecule has 234 valence electrons. The Labute approximate surface area is 272 Å². The minimum absolute atomic E-state index is 0.00703. The standard InChI is InChI=1S/C40H43N5O/c41-40(42)43-23-11-19-36-29-45(39(46)26-31-21-22-32-14-7-8-17-34(32)24-31)37(25-30-12-3-1-4-13-30)28-44(36)27-35-18-9-10-20-38(35)33-15-5-2-6-16-33/h1-10,12-18,20-22,24,36-37H,11,19,23,25-29H2,(H4,41,42,43)/t36-,37+/m0/s1. The van der Waals surface area contributed by atoms with Gasteiger partial charge in [-0.25, -0.2) is 0 Å². The molecule has 1 heterocycles. The van der Waals surface area contributed by atoms with Crippen LogP contribution in [-0.4, -0.2) is 53.4 Å². The van der Waals surface area contributed by atoms with Crippen molar-refractivity contribution in [3.8, 4) is 11.1 Å². The lowest BCUT2D eigenvalue weighted by molar-refractivity contribution is -0.137. The second-order valence-electron chi connectivity index (χ2n) is 12.3. The Morgan fingerprint density at radius 1 is 0.761 bits per heavy atom. The van der Waals surface area contributed by atoms with Crippen LogP contribution >= 0.6 is 0 Å². The normalized spacial score (nSPS) is 16.7. The summed E-state index contributed by atoms with van der Waals surface area (Å²) < 4.78 is 0. The summed E-state index contributed by atoms with van der Waals surface area (Å²) in [6, 6.07) is 44.7. The molecule has 4 N–H and O–H groups in total. The molecule has 6 nitrogen and oxygen atoms in total. The summed E-state index contributed by atoms with van der Waals surface area (Å²) in [5.74, 6) is 0.166. The third-order valence-corrected chi connectivity index (χ3v) is 9.12. The van der Waals surface area contributed by atoms with E-state index in [9.17, 15) is 4.79 Å². The second kappa shape index (κ2) is 14.9. The van der Waals surface area contributed by atoms with E-state index in [1.165, 1.54) is 27.6 Å². The zero-order chi connectivity index (χ0) is 31.7. The number of nitrogens with zero attached hydrogens (tertiary/aromatic N) is 2. The third kappa shape index (κ3) is 7.82. The molecule has 0 unspecified atom stereocenters. The minimum atomic E-state index is -0.00703. The summed E-state index contributed by atoms with van der Waals surface area (Å²) in [7, 11) is 0. The van der Waals surface area contributed by atoms with E-state index >= 15 is 0 Å². The van der Waals surface area contributed by atoms with E-state index in [0.717, 1.165) is 43.3 Å². The molecule has 1 fully saturated rings. The predicted molar refractivity (Wildman–Crippen MR) is 189 cm³/mol. The Balaban J connectivity index is 1.29. The second-order valence-corrected chi connectivity index (χ2v) is 12.3. The SMILES string of the molecule is N=C(N)NCCC[C@H]1CN(C(=O)Cc2ccc3ccccc3c2)[C@H](Cc2ccccc2)CN1Cc1ccccc1-c1ccccc1. The zero-order valence-corrected chi connectivity index (χ0v) is 26.3. The molecule has 1 aliphatic rings. The maximum Gasteiger partial charge on any atom is 0.227 e. The molecule has 0 aromatic heterocycles. The highest BCUT2D eigenvalue weighted by molar-refractivity contribution is 5.85. The molecule has 0 saturated carbocycles. The minimum Gasteiger partial charge on any atom is -0.370 e. The van der Waals surface area contributed by atoms with Crippen molar-refractivity contribution >= 4 is 22.6 Å². The lowest BCUT2D eigenvalue weighted by Gasteiger charge is -2.47. The topological polar surface area (TPSA) is 85.5 Å². The Hall–Kier alpha value is -4.94. The molecule has 1 amide bonds. The monoisotopic (exact) mass is 609 g/mol. The number of piperazine rings is 1. The lowest BCUT2D eigenvalue weighted by Crippen LogP contribution is -2.60. The van der Waals surface area contributed by atoms with Crippen LogP contribution in [0.2, 0.25) is 0 Å². The Kier molecular flexibility index (Phi) is 10.1. The highest BCUT2D eigenvalue weighted by Crippen LogP contribution is 2.29. The fourth-order valence-electron chi connectivity index (χ4n) is 6.81. The number of fused-ring (bicyclic) bond motifs is 1. The summed E-state index contributed by atoms with van der Waals surface area (Å²) in [6.07, 6.45) is 2.94. The number of hydrogen-bond donors (Lipinski definition) is 3. The van der Waals surface area contributed by atoms with E-state index in [1.54, 1.807) is 0 Å². The number of guanidine groups is 1. The summed E-state index contributed by atoms with van der Waals surface area (Å²) in [5.41, 5.74) is 11.6. The van der Waals surface area contributed by atoms with Gasteiger partial charge in [-0.3, -0.25) is 15.1 Å². The molecule has 6 rings (SSSR count). The molecule has 2 atom stereocenters. The average molecular weight is 610 g/mol. The van der Waals surface area contributed by atoms with E-state index in [4.69, 9.17) is 11.1 Å². The Morgan fingerprint density at radius 2 is 1.46 bits per heavy atom. The van der Waals surface area contributed by atoms with Crippen LogP contribution in [0.1, 0.15) is 29.5 Å². The van der Waals surface area contributed by atoms with Crippen LogP contribution in [0.4, 0.5) is 0 Å². The molecule has 0 radical (unpaired) electrons. The van der Waals surface area contributed by atoms with Crippen LogP contribution in [0.3, 0.4) is 0 Å². The van der Waals surface area contributed by atoms with Gasteiger partial charge in [0.2, 0.25) is 5.91 Å². The third-order valence-electron chi connectivity index (χ3n) is 9.12. The van der Waals surface area contributed by atoms with E-state index in [-0.39, 0.29) is 24.0 Å². The number of carbonyl (C=O) groups excluding carboxylic acids is 1. The van der Waals surface area contributed by atoms with Crippen molar-refractivity contribution in [3.63, 3.8) is 0 Å². The molecule has 1 saturated heterocycles. The van der Waals surface area contributed by atoms with Gasteiger partial charge in [0.1, 0.15) is 0 Å². The van der Waals surface area contributed by atoms with Gasteiger partial charge in [-0.05, 0) is 57.9 Å². The molecule has 0 bridgehead atoms. The number of benzene rings is 5.